The van der Waals surface area contributed by atoms with Crippen LogP contribution in [0.3, 0.4) is 0 Å². The van der Waals surface area contributed by atoms with Crippen molar-refractivity contribution in [2.24, 2.45) is 11.7 Å². The van der Waals surface area contributed by atoms with Gasteiger partial charge in [-0.15, -0.1) is 12.4 Å². The molecule has 0 aliphatic carbocycles. The maximum absolute atomic E-state index is 12.4. The van der Waals surface area contributed by atoms with E-state index in [9.17, 15) is 9.59 Å². The van der Waals surface area contributed by atoms with Gasteiger partial charge in [-0.2, -0.15) is 0 Å². The number of rotatable bonds is 8. The highest BCUT2D eigenvalue weighted by Crippen LogP contribution is 2.16. The lowest BCUT2D eigenvalue weighted by Crippen LogP contribution is -2.30. The normalized spacial score (nSPS) is 10.2. The number of carbonyl (C=O) groups is 2. The van der Waals surface area contributed by atoms with Crippen molar-refractivity contribution in [3.63, 3.8) is 0 Å². The molecule has 2 rings (SSSR count). The largest absolute Gasteiger partial charge is 0.351 e. The third kappa shape index (κ3) is 7.41. The van der Waals surface area contributed by atoms with Crippen LogP contribution in [0.5, 0.6) is 0 Å². The highest BCUT2D eigenvalue weighted by molar-refractivity contribution is 6.04. The Morgan fingerprint density at radius 2 is 1.63 bits per heavy atom. The summed E-state index contributed by atoms with van der Waals surface area (Å²) in [5.41, 5.74) is 8.56. The van der Waals surface area contributed by atoms with Gasteiger partial charge in [0.25, 0.3) is 5.91 Å². The Morgan fingerprint density at radius 3 is 2.26 bits per heavy atom. The van der Waals surface area contributed by atoms with Crippen molar-refractivity contribution in [1.82, 2.24) is 5.32 Å². The zero-order chi connectivity index (χ0) is 18.9. The summed E-state index contributed by atoms with van der Waals surface area (Å²) in [7, 11) is 0. The molecule has 0 saturated heterocycles. The third-order valence-electron chi connectivity index (χ3n) is 3.91. The molecule has 0 aliphatic rings. The number of halogens is 1. The number of hydrogen-bond acceptors (Lipinski definition) is 3. The van der Waals surface area contributed by atoms with E-state index in [0.717, 1.165) is 12.0 Å². The van der Waals surface area contributed by atoms with Gasteiger partial charge in [-0.1, -0.05) is 50.2 Å². The van der Waals surface area contributed by atoms with Gasteiger partial charge in [-0.05, 0) is 35.6 Å². The minimum atomic E-state index is -0.246. The lowest BCUT2D eigenvalue weighted by molar-refractivity contribution is -0.115. The molecule has 4 N–H and O–H groups in total. The van der Waals surface area contributed by atoms with Gasteiger partial charge in [0.05, 0.1) is 17.7 Å². The van der Waals surface area contributed by atoms with E-state index >= 15 is 0 Å². The van der Waals surface area contributed by atoms with Crippen molar-refractivity contribution < 1.29 is 9.59 Å². The maximum atomic E-state index is 12.4. The SMILES string of the molecule is CC(C)Cc1ccc(CC(=O)Nc2ccccc2C(=O)NCCN)cc1.Cl. The van der Waals surface area contributed by atoms with E-state index in [-0.39, 0.29) is 30.6 Å². The second kappa shape index (κ2) is 11.4. The van der Waals surface area contributed by atoms with Gasteiger partial charge in [0, 0.05) is 13.1 Å². The Balaban J connectivity index is 0.00000364. The molecule has 2 aromatic carbocycles. The van der Waals surface area contributed by atoms with Gasteiger partial charge >= 0.3 is 0 Å². The van der Waals surface area contributed by atoms with Crippen molar-refractivity contribution in [3.8, 4) is 0 Å². The average molecular weight is 390 g/mol. The molecule has 0 saturated carbocycles. The van der Waals surface area contributed by atoms with Crippen molar-refractivity contribution in [3.05, 3.63) is 65.2 Å². The standard InChI is InChI=1S/C21H27N3O2.ClH/c1-15(2)13-16-7-9-17(10-8-16)14-20(25)24-19-6-4-3-5-18(19)21(26)23-12-11-22;/h3-10,15H,11-14,22H2,1-2H3,(H,23,26)(H,24,25);1H. The van der Waals surface area contributed by atoms with Crippen molar-refractivity contribution in [1.29, 1.82) is 0 Å². The summed E-state index contributed by atoms with van der Waals surface area (Å²) in [6, 6.07) is 15.1. The summed E-state index contributed by atoms with van der Waals surface area (Å²) in [6.45, 7) is 5.13. The number of nitrogens with one attached hydrogen (secondary N) is 2. The van der Waals surface area contributed by atoms with E-state index in [1.165, 1.54) is 5.56 Å². The second-order valence-electron chi connectivity index (χ2n) is 6.73. The number of amides is 2. The number of hydrogen-bond donors (Lipinski definition) is 3. The number of anilines is 1. The predicted octanol–water partition coefficient (Wildman–Crippen LogP) is 3.18. The van der Waals surface area contributed by atoms with Crippen LogP contribution < -0.4 is 16.4 Å². The molecule has 0 aliphatic heterocycles. The molecule has 2 amide bonds. The molecular formula is C21H28ClN3O2. The van der Waals surface area contributed by atoms with Gasteiger partial charge in [-0.3, -0.25) is 9.59 Å². The summed E-state index contributed by atoms with van der Waals surface area (Å²) in [4.78, 5) is 24.5. The molecule has 0 aromatic heterocycles. The fraction of sp³-hybridized carbons (Fsp3) is 0.333. The average Bonchev–Trinajstić information content (AvgIpc) is 2.61. The van der Waals surface area contributed by atoms with Crippen molar-refractivity contribution in [2.45, 2.75) is 26.7 Å². The predicted molar refractivity (Wildman–Crippen MR) is 112 cm³/mol. The first-order valence-electron chi connectivity index (χ1n) is 8.94. The summed E-state index contributed by atoms with van der Waals surface area (Å²) >= 11 is 0. The molecule has 0 radical (unpaired) electrons. The van der Waals surface area contributed by atoms with Crippen LogP contribution in [0.4, 0.5) is 5.69 Å². The quantitative estimate of drug-likeness (QED) is 0.648. The van der Waals surface area contributed by atoms with Gasteiger partial charge in [0.2, 0.25) is 5.91 Å². The molecule has 2 aromatic rings. The Hall–Kier alpha value is -2.37. The molecule has 0 atom stereocenters. The topological polar surface area (TPSA) is 84.2 Å². The van der Waals surface area contributed by atoms with E-state index in [0.29, 0.717) is 30.3 Å². The highest BCUT2D eigenvalue weighted by Gasteiger charge is 2.13. The van der Waals surface area contributed by atoms with Crippen LogP contribution in [0.2, 0.25) is 0 Å². The molecule has 0 heterocycles. The van der Waals surface area contributed by atoms with Crippen LogP contribution in [-0.2, 0) is 17.6 Å². The summed E-state index contributed by atoms with van der Waals surface area (Å²) in [5.74, 6) is 0.205. The summed E-state index contributed by atoms with van der Waals surface area (Å²) in [6.07, 6.45) is 1.29. The zero-order valence-corrected chi connectivity index (χ0v) is 16.6. The first-order valence-corrected chi connectivity index (χ1v) is 8.94. The van der Waals surface area contributed by atoms with Crippen LogP contribution in [0.25, 0.3) is 0 Å². The highest BCUT2D eigenvalue weighted by atomic mass is 35.5. The molecule has 27 heavy (non-hydrogen) atoms. The number of nitrogens with two attached hydrogens (primary N) is 1. The minimum absolute atomic E-state index is 0. The lowest BCUT2D eigenvalue weighted by Gasteiger charge is -2.11. The van der Waals surface area contributed by atoms with E-state index in [4.69, 9.17) is 5.73 Å². The van der Waals surface area contributed by atoms with Gasteiger partial charge in [-0.25, -0.2) is 0 Å². The second-order valence-corrected chi connectivity index (χ2v) is 6.73. The van der Waals surface area contributed by atoms with Crippen LogP contribution >= 0.6 is 12.4 Å². The third-order valence-corrected chi connectivity index (χ3v) is 3.91. The van der Waals surface area contributed by atoms with Crippen LogP contribution in [0.1, 0.15) is 35.3 Å². The van der Waals surface area contributed by atoms with Crippen molar-refractivity contribution >= 4 is 29.9 Å². The number of benzene rings is 2. The van der Waals surface area contributed by atoms with Gasteiger partial charge in [0.15, 0.2) is 0 Å². The van der Waals surface area contributed by atoms with Gasteiger partial charge < -0.3 is 16.4 Å². The van der Waals surface area contributed by atoms with Crippen LogP contribution in [0.15, 0.2) is 48.5 Å². The first-order chi connectivity index (χ1) is 12.5. The van der Waals surface area contributed by atoms with Crippen LogP contribution in [0, 0.1) is 5.92 Å². The first kappa shape index (κ1) is 22.7. The Labute approximate surface area is 167 Å². The maximum Gasteiger partial charge on any atom is 0.253 e. The number of para-hydroxylation sites is 1. The van der Waals surface area contributed by atoms with Gasteiger partial charge in [0.1, 0.15) is 0 Å². The van der Waals surface area contributed by atoms with E-state index in [1.54, 1.807) is 24.3 Å². The monoisotopic (exact) mass is 389 g/mol. The molecule has 6 heteroatoms. The summed E-state index contributed by atoms with van der Waals surface area (Å²) < 4.78 is 0. The molecule has 0 spiro atoms. The Morgan fingerprint density at radius 1 is 1.00 bits per heavy atom. The van der Waals surface area contributed by atoms with E-state index in [1.807, 2.05) is 12.1 Å². The molecule has 0 fully saturated rings. The Bertz CT molecular complexity index is 745. The fourth-order valence-electron chi connectivity index (χ4n) is 2.72. The molecular weight excluding hydrogens is 362 g/mol. The molecule has 146 valence electrons. The molecule has 0 bridgehead atoms. The van der Waals surface area contributed by atoms with E-state index < -0.39 is 0 Å². The fourth-order valence-corrected chi connectivity index (χ4v) is 2.72. The molecule has 0 unspecified atom stereocenters. The molecule has 5 nitrogen and oxygen atoms in total. The van der Waals surface area contributed by atoms with Crippen LogP contribution in [-0.4, -0.2) is 24.9 Å². The smallest absolute Gasteiger partial charge is 0.253 e. The minimum Gasteiger partial charge on any atom is -0.351 e. The number of carbonyl (C=O) groups excluding carboxylic acids is 2. The summed E-state index contributed by atoms with van der Waals surface area (Å²) in [5, 5.41) is 5.55. The van der Waals surface area contributed by atoms with E-state index in [2.05, 4.69) is 36.6 Å². The Kier molecular flexibility index (Phi) is 9.54. The zero-order valence-electron chi connectivity index (χ0n) is 15.8. The lowest BCUT2D eigenvalue weighted by atomic mass is 10.0. The van der Waals surface area contributed by atoms with Crippen molar-refractivity contribution in [2.75, 3.05) is 18.4 Å².